The molecule has 0 aromatic carbocycles. The average Bonchev–Trinajstić information content (AvgIpc) is 2.43. The lowest BCUT2D eigenvalue weighted by molar-refractivity contribution is -0.137. The molecule has 0 spiro atoms. The van der Waals surface area contributed by atoms with Crippen molar-refractivity contribution in [2.75, 3.05) is 0 Å². The molecule has 0 amide bonds. The van der Waals surface area contributed by atoms with E-state index in [1.165, 1.54) is 38.5 Å². The molecule has 0 radical (unpaired) electrons. The first kappa shape index (κ1) is 18.6. The Kier molecular flexibility index (Phi) is 14.5. The Hall–Kier alpha value is -1.41. The highest BCUT2D eigenvalue weighted by Gasteiger charge is 1.94. The van der Waals surface area contributed by atoms with Gasteiger partial charge in [-0.3, -0.25) is 4.79 Å². The van der Waals surface area contributed by atoms with E-state index in [0.717, 1.165) is 32.1 Å². The van der Waals surface area contributed by atoms with E-state index >= 15 is 0 Å². The minimum absolute atomic E-state index is 0.269. The number of carbonyl (C=O) groups is 1. The Morgan fingerprint density at radius 2 is 1.30 bits per heavy atom. The van der Waals surface area contributed by atoms with Gasteiger partial charge in [-0.05, 0) is 31.1 Å². The number of hydrogen-bond donors (Lipinski definition) is 1. The topological polar surface area (TPSA) is 37.3 Å². The van der Waals surface area contributed by atoms with Crippen LogP contribution in [0, 0.1) is 23.7 Å². The molecule has 112 valence electrons. The zero-order valence-corrected chi connectivity index (χ0v) is 12.8. The molecule has 20 heavy (non-hydrogen) atoms. The summed E-state index contributed by atoms with van der Waals surface area (Å²) in [4.78, 5) is 10.3. The van der Waals surface area contributed by atoms with E-state index in [1.54, 1.807) is 0 Å². The molecule has 0 bridgehead atoms. The van der Waals surface area contributed by atoms with Gasteiger partial charge < -0.3 is 5.11 Å². The van der Waals surface area contributed by atoms with Crippen LogP contribution >= 0.6 is 0 Å². The normalized spacial score (nSPS) is 9.25. The molecule has 0 aliphatic heterocycles. The molecular weight excluding hydrogens is 248 g/mol. The fourth-order valence-electron chi connectivity index (χ4n) is 1.87. The van der Waals surface area contributed by atoms with E-state index in [9.17, 15) is 4.79 Å². The molecule has 0 atom stereocenters. The van der Waals surface area contributed by atoms with Gasteiger partial charge in [-0.2, -0.15) is 0 Å². The summed E-state index contributed by atoms with van der Waals surface area (Å²) in [6, 6.07) is 0. The molecule has 0 unspecified atom stereocenters. The molecular formula is C18H28O2. The van der Waals surface area contributed by atoms with Gasteiger partial charge in [-0.15, -0.1) is 0 Å². The van der Waals surface area contributed by atoms with Crippen molar-refractivity contribution in [3.05, 3.63) is 0 Å². The first-order valence-electron chi connectivity index (χ1n) is 7.95. The van der Waals surface area contributed by atoms with Gasteiger partial charge in [0, 0.05) is 19.3 Å². The maximum absolute atomic E-state index is 10.3. The first-order chi connectivity index (χ1) is 9.77. The maximum atomic E-state index is 10.3. The summed E-state index contributed by atoms with van der Waals surface area (Å²) < 4.78 is 0. The summed E-state index contributed by atoms with van der Waals surface area (Å²) in [5, 5.41) is 8.47. The second kappa shape index (κ2) is 15.6. The van der Waals surface area contributed by atoms with Crippen LogP contribution in [0.3, 0.4) is 0 Å². The fraction of sp³-hybridized carbons (Fsp3) is 0.722. The van der Waals surface area contributed by atoms with E-state index in [1.807, 2.05) is 0 Å². The van der Waals surface area contributed by atoms with Gasteiger partial charge in [-0.25, -0.2) is 0 Å². The standard InChI is InChI=1S/C18H28O2/c1-2-3-4-5-6-7-8-9-10-11-12-13-14-15-16-17-18(19)20/h2-8,13-17H2,1H3,(H,19,20). The zero-order valence-electron chi connectivity index (χ0n) is 12.8. The predicted molar refractivity (Wildman–Crippen MR) is 84.3 cm³/mol. The second-order valence-electron chi connectivity index (χ2n) is 5.08. The zero-order chi connectivity index (χ0) is 14.9. The number of carboxylic acids is 1. The van der Waals surface area contributed by atoms with Gasteiger partial charge in [0.25, 0.3) is 0 Å². The van der Waals surface area contributed by atoms with Gasteiger partial charge in [0.2, 0.25) is 0 Å². The van der Waals surface area contributed by atoms with Crippen molar-refractivity contribution in [1.82, 2.24) is 0 Å². The molecule has 0 saturated heterocycles. The molecule has 2 heteroatoms. The Balaban J connectivity index is 3.31. The molecule has 2 nitrogen and oxygen atoms in total. The fourth-order valence-corrected chi connectivity index (χ4v) is 1.87. The van der Waals surface area contributed by atoms with Crippen LogP contribution in [0.25, 0.3) is 0 Å². The van der Waals surface area contributed by atoms with Crippen molar-refractivity contribution in [1.29, 1.82) is 0 Å². The molecule has 1 N–H and O–H groups in total. The molecule has 0 rings (SSSR count). The lowest BCUT2D eigenvalue weighted by Crippen LogP contribution is -1.93. The van der Waals surface area contributed by atoms with Crippen LogP contribution in [-0.4, -0.2) is 11.1 Å². The third kappa shape index (κ3) is 16.6. The highest BCUT2D eigenvalue weighted by Crippen LogP contribution is 2.06. The lowest BCUT2D eigenvalue weighted by Gasteiger charge is -1.96. The van der Waals surface area contributed by atoms with Gasteiger partial charge in [-0.1, -0.05) is 57.3 Å². The average molecular weight is 276 g/mol. The number of carboxylic acid groups (broad SMARTS) is 1. The number of rotatable bonds is 11. The molecule has 0 heterocycles. The molecule has 0 saturated carbocycles. The second-order valence-corrected chi connectivity index (χ2v) is 5.08. The third-order valence-electron chi connectivity index (χ3n) is 3.09. The highest BCUT2D eigenvalue weighted by atomic mass is 16.4. The van der Waals surface area contributed by atoms with Crippen molar-refractivity contribution in [3.8, 4) is 23.7 Å². The van der Waals surface area contributed by atoms with Crippen LogP contribution in [0.4, 0.5) is 0 Å². The van der Waals surface area contributed by atoms with Gasteiger partial charge in [0.15, 0.2) is 0 Å². The number of unbranched alkanes of at least 4 members (excludes halogenated alkanes) is 9. The van der Waals surface area contributed by atoms with Crippen LogP contribution < -0.4 is 0 Å². The van der Waals surface area contributed by atoms with Crippen molar-refractivity contribution in [3.63, 3.8) is 0 Å². The Bertz CT molecular complexity index is 349. The van der Waals surface area contributed by atoms with E-state index in [4.69, 9.17) is 5.11 Å². The summed E-state index contributed by atoms with van der Waals surface area (Å²) >= 11 is 0. The van der Waals surface area contributed by atoms with Crippen LogP contribution in [0.5, 0.6) is 0 Å². The summed E-state index contributed by atoms with van der Waals surface area (Å²) in [5.41, 5.74) is 0. The van der Waals surface area contributed by atoms with Crippen molar-refractivity contribution < 1.29 is 9.90 Å². The summed E-state index contributed by atoms with van der Waals surface area (Å²) in [6.45, 7) is 2.23. The number of hydrogen-bond acceptors (Lipinski definition) is 1. The molecule has 0 fully saturated rings. The van der Waals surface area contributed by atoms with Crippen molar-refractivity contribution in [2.24, 2.45) is 0 Å². The van der Waals surface area contributed by atoms with Gasteiger partial charge >= 0.3 is 5.97 Å². The number of aliphatic carboxylic acids is 1. The Labute approximate surface area is 124 Å². The summed E-state index contributed by atoms with van der Waals surface area (Å²) in [6.07, 6.45) is 12.5. The Morgan fingerprint density at radius 3 is 1.85 bits per heavy atom. The first-order valence-corrected chi connectivity index (χ1v) is 7.95. The largest absolute Gasteiger partial charge is 0.481 e. The smallest absolute Gasteiger partial charge is 0.303 e. The van der Waals surface area contributed by atoms with Crippen LogP contribution in [0.1, 0.15) is 84.0 Å². The van der Waals surface area contributed by atoms with E-state index in [0.29, 0.717) is 0 Å². The minimum Gasteiger partial charge on any atom is -0.481 e. The molecule has 0 aliphatic rings. The summed E-state index contributed by atoms with van der Waals surface area (Å²) in [7, 11) is 0. The van der Waals surface area contributed by atoms with Crippen LogP contribution in [0.15, 0.2) is 0 Å². The predicted octanol–water partition coefficient (Wildman–Crippen LogP) is 4.78. The van der Waals surface area contributed by atoms with Gasteiger partial charge in [0.05, 0.1) is 0 Å². The van der Waals surface area contributed by atoms with Crippen LogP contribution in [0.2, 0.25) is 0 Å². The lowest BCUT2D eigenvalue weighted by atomic mass is 10.1. The SMILES string of the molecule is CCCCCCCCC#CC#CCCCCCC(=O)O. The minimum atomic E-state index is -0.711. The van der Waals surface area contributed by atoms with E-state index in [-0.39, 0.29) is 6.42 Å². The van der Waals surface area contributed by atoms with Gasteiger partial charge in [0.1, 0.15) is 0 Å². The highest BCUT2D eigenvalue weighted by molar-refractivity contribution is 5.66. The monoisotopic (exact) mass is 276 g/mol. The quantitative estimate of drug-likeness (QED) is 0.435. The molecule has 0 aromatic rings. The third-order valence-corrected chi connectivity index (χ3v) is 3.09. The van der Waals surface area contributed by atoms with Crippen molar-refractivity contribution >= 4 is 5.97 Å². The molecule has 0 aromatic heterocycles. The summed E-state index contributed by atoms with van der Waals surface area (Å²) in [5.74, 6) is 11.2. The van der Waals surface area contributed by atoms with Crippen LogP contribution in [-0.2, 0) is 4.79 Å². The Morgan fingerprint density at radius 1 is 0.800 bits per heavy atom. The molecule has 0 aliphatic carbocycles. The van der Waals surface area contributed by atoms with E-state index in [2.05, 4.69) is 30.6 Å². The van der Waals surface area contributed by atoms with E-state index < -0.39 is 5.97 Å². The maximum Gasteiger partial charge on any atom is 0.303 e. The van der Waals surface area contributed by atoms with Crippen molar-refractivity contribution in [2.45, 2.75) is 84.0 Å².